The normalized spacial score (nSPS) is 15.0. The summed E-state index contributed by atoms with van der Waals surface area (Å²) in [5, 5.41) is 9.10. The lowest BCUT2D eigenvalue weighted by molar-refractivity contribution is 0.147. The van der Waals surface area contributed by atoms with Gasteiger partial charge in [0.15, 0.2) is 0 Å². The molecule has 9 heavy (non-hydrogen) atoms. The van der Waals surface area contributed by atoms with Gasteiger partial charge in [0.1, 0.15) is 5.60 Å². The van der Waals surface area contributed by atoms with Gasteiger partial charge in [0, 0.05) is 0 Å². The Morgan fingerprint density at radius 1 is 1.89 bits per heavy atom. The fourth-order valence-electron chi connectivity index (χ4n) is 0.240. The topological polar surface area (TPSA) is 20.2 Å². The van der Waals surface area contributed by atoms with E-state index in [1.807, 2.05) is 0 Å². The minimum absolute atomic E-state index is 0.119. The molecule has 0 aliphatic heterocycles. The van der Waals surface area contributed by atoms with E-state index in [0.717, 1.165) is 0 Å². The summed E-state index contributed by atoms with van der Waals surface area (Å²) in [6.45, 7) is 4.92. The number of hydrogen-bond acceptors (Lipinski definition) is 1. The molecule has 1 N–H and O–H groups in total. The van der Waals surface area contributed by atoms with E-state index in [0.29, 0.717) is 0 Å². The van der Waals surface area contributed by atoms with Crippen LogP contribution < -0.4 is 0 Å². The Balaban J connectivity index is 3.99. The molecule has 50 valence electrons. The van der Waals surface area contributed by atoms with Gasteiger partial charge >= 0.3 is 0 Å². The molecular formula is C7H9ClO. The van der Waals surface area contributed by atoms with Crippen molar-refractivity contribution in [1.82, 2.24) is 0 Å². The summed E-state index contributed by atoms with van der Waals surface area (Å²) in [6, 6.07) is 0. The molecule has 1 atom stereocenters. The van der Waals surface area contributed by atoms with Crippen molar-refractivity contribution in [3.8, 4) is 11.8 Å². The lowest BCUT2D eigenvalue weighted by Gasteiger charge is -2.09. The highest BCUT2D eigenvalue weighted by Crippen LogP contribution is 2.02. The molecule has 0 aromatic rings. The largest absolute Gasteiger partial charge is 0.377 e. The van der Waals surface area contributed by atoms with Crippen molar-refractivity contribution in [3.63, 3.8) is 0 Å². The number of halogens is 1. The molecule has 0 bridgehead atoms. The lowest BCUT2D eigenvalue weighted by atomic mass is 10.1. The Kier molecular flexibility index (Phi) is 3.37. The SMILES string of the molecule is C=CC#CC(C)(O)CCl. The van der Waals surface area contributed by atoms with E-state index < -0.39 is 5.60 Å². The molecule has 0 saturated heterocycles. The van der Waals surface area contributed by atoms with E-state index in [1.165, 1.54) is 6.08 Å². The molecule has 1 nitrogen and oxygen atoms in total. The zero-order chi connectivity index (χ0) is 7.33. The first-order valence-electron chi connectivity index (χ1n) is 2.54. The Morgan fingerprint density at radius 3 is 2.78 bits per heavy atom. The minimum Gasteiger partial charge on any atom is -0.377 e. The van der Waals surface area contributed by atoms with E-state index in [1.54, 1.807) is 6.92 Å². The zero-order valence-corrected chi connectivity index (χ0v) is 6.07. The average Bonchev–Trinajstić information content (AvgIpc) is 1.84. The maximum atomic E-state index is 9.10. The summed E-state index contributed by atoms with van der Waals surface area (Å²) in [7, 11) is 0. The second kappa shape index (κ2) is 3.55. The second-order valence-corrected chi connectivity index (χ2v) is 2.15. The van der Waals surface area contributed by atoms with Crippen molar-refractivity contribution in [3.05, 3.63) is 12.7 Å². The third-order valence-corrected chi connectivity index (χ3v) is 1.22. The first-order valence-corrected chi connectivity index (χ1v) is 3.08. The summed E-state index contributed by atoms with van der Waals surface area (Å²) >= 11 is 5.34. The predicted molar refractivity (Wildman–Crippen MR) is 39.3 cm³/mol. The molecule has 0 rings (SSSR count). The van der Waals surface area contributed by atoms with E-state index in [2.05, 4.69) is 18.4 Å². The van der Waals surface area contributed by atoms with Crippen LogP contribution in [-0.2, 0) is 0 Å². The zero-order valence-electron chi connectivity index (χ0n) is 5.32. The second-order valence-electron chi connectivity index (χ2n) is 1.88. The van der Waals surface area contributed by atoms with Crippen molar-refractivity contribution >= 4 is 11.6 Å². The fourth-order valence-corrected chi connectivity index (χ4v) is 0.307. The Hall–Kier alpha value is -0.450. The first kappa shape index (κ1) is 8.55. The van der Waals surface area contributed by atoms with Crippen LogP contribution in [0.1, 0.15) is 6.92 Å². The number of aliphatic hydroxyl groups is 1. The number of alkyl halides is 1. The van der Waals surface area contributed by atoms with Gasteiger partial charge in [-0.2, -0.15) is 0 Å². The average molecular weight is 145 g/mol. The van der Waals surface area contributed by atoms with Crippen molar-refractivity contribution < 1.29 is 5.11 Å². The van der Waals surface area contributed by atoms with Crippen LogP contribution in [0.2, 0.25) is 0 Å². The smallest absolute Gasteiger partial charge is 0.136 e. The third-order valence-electron chi connectivity index (χ3n) is 0.704. The number of allylic oxidation sites excluding steroid dienone is 1. The summed E-state index contributed by atoms with van der Waals surface area (Å²) in [5.41, 5.74) is -1.07. The number of hydrogen-bond donors (Lipinski definition) is 1. The van der Waals surface area contributed by atoms with E-state index in [9.17, 15) is 0 Å². The maximum absolute atomic E-state index is 9.10. The standard InChI is InChI=1S/C7H9ClO/c1-3-4-5-7(2,9)6-8/h3,9H,1,6H2,2H3. The molecule has 0 radical (unpaired) electrons. The van der Waals surface area contributed by atoms with Crippen LogP contribution in [0.3, 0.4) is 0 Å². The van der Waals surface area contributed by atoms with Crippen molar-refractivity contribution in [2.75, 3.05) is 5.88 Å². The van der Waals surface area contributed by atoms with Crippen LogP contribution in [0, 0.1) is 11.8 Å². The van der Waals surface area contributed by atoms with Crippen LogP contribution in [-0.4, -0.2) is 16.6 Å². The Morgan fingerprint density at radius 2 is 2.44 bits per heavy atom. The van der Waals surface area contributed by atoms with Gasteiger partial charge in [0.25, 0.3) is 0 Å². The molecule has 0 aromatic carbocycles. The molecule has 0 amide bonds. The highest BCUT2D eigenvalue weighted by Gasteiger charge is 2.13. The summed E-state index contributed by atoms with van der Waals surface area (Å²) < 4.78 is 0. The first-order chi connectivity index (χ1) is 4.12. The third kappa shape index (κ3) is 4.08. The Labute approximate surface area is 60.3 Å². The summed E-state index contributed by atoms with van der Waals surface area (Å²) in [4.78, 5) is 0. The Bertz CT molecular complexity index is 150. The molecule has 0 aliphatic rings. The van der Waals surface area contributed by atoms with Gasteiger partial charge in [0.05, 0.1) is 5.88 Å². The van der Waals surface area contributed by atoms with Crippen LogP contribution in [0.5, 0.6) is 0 Å². The molecule has 1 unspecified atom stereocenters. The van der Waals surface area contributed by atoms with Crippen molar-refractivity contribution in [2.24, 2.45) is 0 Å². The molecule has 0 saturated carbocycles. The van der Waals surface area contributed by atoms with Gasteiger partial charge in [-0.25, -0.2) is 0 Å². The van der Waals surface area contributed by atoms with Crippen LogP contribution in [0.25, 0.3) is 0 Å². The molecular weight excluding hydrogens is 136 g/mol. The van der Waals surface area contributed by atoms with Crippen molar-refractivity contribution in [1.29, 1.82) is 0 Å². The van der Waals surface area contributed by atoms with Gasteiger partial charge in [-0.1, -0.05) is 18.4 Å². The van der Waals surface area contributed by atoms with E-state index in [4.69, 9.17) is 16.7 Å². The van der Waals surface area contributed by atoms with Gasteiger partial charge in [0.2, 0.25) is 0 Å². The van der Waals surface area contributed by atoms with Crippen LogP contribution >= 0.6 is 11.6 Å². The molecule has 0 heterocycles. The summed E-state index contributed by atoms with van der Waals surface area (Å²) in [6.07, 6.45) is 1.42. The minimum atomic E-state index is -1.07. The van der Waals surface area contributed by atoms with Gasteiger partial charge < -0.3 is 5.11 Å². The monoisotopic (exact) mass is 144 g/mol. The molecule has 2 heteroatoms. The molecule has 0 spiro atoms. The quantitative estimate of drug-likeness (QED) is 0.433. The van der Waals surface area contributed by atoms with Gasteiger partial charge in [-0.3, -0.25) is 0 Å². The summed E-state index contributed by atoms with van der Waals surface area (Å²) in [5.74, 6) is 5.15. The highest BCUT2D eigenvalue weighted by atomic mass is 35.5. The van der Waals surface area contributed by atoms with Gasteiger partial charge in [-0.05, 0) is 13.0 Å². The van der Waals surface area contributed by atoms with Crippen molar-refractivity contribution in [2.45, 2.75) is 12.5 Å². The fraction of sp³-hybridized carbons (Fsp3) is 0.429. The number of rotatable bonds is 1. The predicted octanol–water partition coefficient (Wildman–Crippen LogP) is 1.17. The van der Waals surface area contributed by atoms with E-state index >= 15 is 0 Å². The molecule has 0 aromatic heterocycles. The highest BCUT2D eigenvalue weighted by molar-refractivity contribution is 6.18. The van der Waals surface area contributed by atoms with Crippen LogP contribution in [0.4, 0.5) is 0 Å². The maximum Gasteiger partial charge on any atom is 0.136 e. The molecule has 0 fully saturated rings. The van der Waals surface area contributed by atoms with E-state index in [-0.39, 0.29) is 5.88 Å². The lowest BCUT2D eigenvalue weighted by Crippen LogP contribution is -2.23. The molecule has 0 aliphatic carbocycles. The van der Waals surface area contributed by atoms with Crippen LogP contribution in [0.15, 0.2) is 12.7 Å². The van der Waals surface area contributed by atoms with Gasteiger partial charge in [-0.15, -0.1) is 11.6 Å².